The van der Waals surface area contributed by atoms with Gasteiger partial charge in [0.05, 0.1) is 6.20 Å². The lowest BCUT2D eigenvalue weighted by Gasteiger charge is -2.23. The maximum atomic E-state index is 5.92. The Balaban J connectivity index is 2.02. The van der Waals surface area contributed by atoms with E-state index < -0.39 is 0 Å². The van der Waals surface area contributed by atoms with E-state index in [1.54, 1.807) is 4.68 Å². The molecule has 0 radical (unpaired) electrons. The summed E-state index contributed by atoms with van der Waals surface area (Å²) in [5, 5.41) is 7.48. The van der Waals surface area contributed by atoms with Gasteiger partial charge in [-0.1, -0.05) is 0 Å². The highest BCUT2D eigenvalue weighted by molar-refractivity contribution is 5.22. The van der Waals surface area contributed by atoms with E-state index >= 15 is 0 Å². The first-order valence-electron chi connectivity index (χ1n) is 5.13. The SMILES string of the molecule is Cc1cnn(C)c1OC1CCNCC1. The van der Waals surface area contributed by atoms with Gasteiger partial charge >= 0.3 is 0 Å². The minimum Gasteiger partial charge on any atom is -0.474 e. The molecule has 0 saturated carbocycles. The molecule has 0 atom stereocenters. The molecule has 0 amide bonds. The van der Waals surface area contributed by atoms with E-state index in [0.717, 1.165) is 37.4 Å². The van der Waals surface area contributed by atoms with Gasteiger partial charge in [-0.25, -0.2) is 4.68 Å². The topological polar surface area (TPSA) is 39.1 Å². The van der Waals surface area contributed by atoms with Gasteiger partial charge in [0.1, 0.15) is 6.10 Å². The van der Waals surface area contributed by atoms with Crippen LogP contribution in [0.1, 0.15) is 18.4 Å². The highest BCUT2D eigenvalue weighted by Gasteiger charge is 2.17. The second-order valence-corrected chi connectivity index (χ2v) is 3.82. The number of ether oxygens (including phenoxy) is 1. The lowest BCUT2D eigenvalue weighted by atomic mass is 10.1. The molecule has 1 aliphatic rings. The molecule has 0 aromatic carbocycles. The van der Waals surface area contributed by atoms with Crippen molar-refractivity contribution in [3.05, 3.63) is 11.8 Å². The Kier molecular flexibility index (Phi) is 2.72. The summed E-state index contributed by atoms with van der Waals surface area (Å²) in [6.07, 6.45) is 4.37. The summed E-state index contributed by atoms with van der Waals surface area (Å²) in [4.78, 5) is 0. The zero-order valence-corrected chi connectivity index (χ0v) is 8.79. The number of hydrogen-bond acceptors (Lipinski definition) is 3. The second-order valence-electron chi connectivity index (χ2n) is 3.82. The van der Waals surface area contributed by atoms with Crippen molar-refractivity contribution in [3.8, 4) is 5.88 Å². The van der Waals surface area contributed by atoms with Crippen molar-refractivity contribution in [2.75, 3.05) is 13.1 Å². The molecule has 0 bridgehead atoms. The van der Waals surface area contributed by atoms with Crippen LogP contribution in [-0.2, 0) is 7.05 Å². The predicted octanol–water partition coefficient (Wildman–Crippen LogP) is 0.859. The van der Waals surface area contributed by atoms with Gasteiger partial charge < -0.3 is 10.1 Å². The minimum atomic E-state index is 0.352. The van der Waals surface area contributed by atoms with E-state index in [0.29, 0.717) is 6.10 Å². The van der Waals surface area contributed by atoms with Crippen molar-refractivity contribution in [2.24, 2.45) is 7.05 Å². The average Bonchev–Trinajstić information content (AvgIpc) is 2.51. The van der Waals surface area contributed by atoms with Crippen LogP contribution in [0.2, 0.25) is 0 Å². The summed E-state index contributed by atoms with van der Waals surface area (Å²) in [6.45, 7) is 4.15. The molecular weight excluding hydrogens is 178 g/mol. The van der Waals surface area contributed by atoms with Crippen LogP contribution in [0.3, 0.4) is 0 Å². The first-order chi connectivity index (χ1) is 6.77. The molecule has 1 aliphatic heterocycles. The molecule has 78 valence electrons. The molecule has 2 heterocycles. The fourth-order valence-corrected chi connectivity index (χ4v) is 1.78. The Bertz CT molecular complexity index is 283. The van der Waals surface area contributed by atoms with Crippen LogP contribution >= 0.6 is 0 Å². The lowest BCUT2D eigenvalue weighted by Crippen LogP contribution is -2.34. The van der Waals surface area contributed by atoms with Gasteiger partial charge in [0, 0.05) is 12.6 Å². The Morgan fingerprint density at radius 3 is 2.79 bits per heavy atom. The van der Waals surface area contributed by atoms with Gasteiger partial charge in [-0.2, -0.15) is 5.10 Å². The first kappa shape index (κ1) is 9.52. The van der Waals surface area contributed by atoms with Crippen LogP contribution in [0.5, 0.6) is 5.88 Å². The summed E-state index contributed by atoms with van der Waals surface area (Å²) in [5.74, 6) is 0.914. The van der Waals surface area contributed by atoms with Crippen molar-refractivity contribution < 1.29 is 4.74 Å². The van der Waals surface area contributed by atoms with Crippen LogP contribution in [0.4, 0.5) is 0 Å². The molecule has 0 spiro atoms. The summed E-state index contributed by atoms with van der Waals surface area (Å²) < 4.78 is 7.72. The molecule has 1 saturated heterocycles. The van der Waals surface area contributed by atoms with Crippen molar-refractivity contribution in [1.29, 1.82) is 0 Å². The summed E-state index contributed by atoms with van der Waals surface area (Å²) in [7, 11) is 1.92. The highest BCUT2D eigenvalue weighted by atomic mass is 16.5. The van der Waals surface area contributed by atoms with Crippen LogP contribution < -0.4 is 10.1 Å². The van der Waals surface area contributed by atoms with Gasteiger partial charge in [-0.15, -0.1) is 0 Å². The van der Waals surface area contributed by atoms with Crippen molar-refractivity contribution in [2.45, 2.75) is 25.9 Å². The molecule has 4 nitrogen and oxygen atoms in total. The third kappa shape index (κ3) is 1.90. The number of hydrogen-bond donors (Lipinski definition) is 1. The number of rotatable bonds is 2. The minimum absolute atomic E-state index is 0.352. The van der Waals surface area contributed by atoms with Gasteiger partial charge in [-0.3, -0.25) is 0 Å². The average molecular weight is 195 g/mol. The largest absolute Gasteiger partial charge is 0.474 e. The lowest BCUT2D eigenvalue weighted by molar-refractivity contribution is 0.148. The normalized spacial score (nSPS) is 18.4. The van der Waals surface area contributed by atoms with E-state index in [4.69, 9.17) is 4.74 Å². The van der Waals surface area contributed by atoms with Crippen molar-refractivity contribution in [3.63, 3.8) is 0 Å². The molecule has 2 rings (SSSR count). The third-order valence-corrected chi connectivity index (χ3v) is 2.62. The molecular formula is C10H17N3O. The van der Waals surface area contributed by atoms with Crippen LogP contribution in [0.25, 0.3) is 0 Å². The van der Waals surface area contributed by atoms with Crippen LogP contribution in [0, 0.1) is 6.92 Å². The van der Waals surface area contributed by atoms with Crippen molar-refractivity contribution in [1.82, 2.24) is 15.1 Å². The van der Waals surface area contributed by atoms with Gasteiger partial charge in [0.25, 0.3) is 0 Å². The third-order valence-electron chi connectivity index (χ3n) is 2.62. The van der Waals surface area contributed by atoms with Gasteiger partial charge in [-0.05, 0) is 32.9 Å². The Morgan fingerprint density at radius 2 is 2.21 bits per heavy atom. The number of aryl methyl sites for hydroxylation is 2. The van der Waals surface area contributed by atoms with Crippen LogP contribution in [0.15, 0.2) is 6.20 Å². The summed E-state index contributed by atoms with van der Waals surface area (Å²) in [5.41, 5.74) is 1.12. The summed E-state index contributed by atoms with van der Waals surface area (Å²) >= 11 is 0. The number of aromatic nitrogens is 2. The maximum absolute atomic E-state index is 5.92. The Hall–Kier alpha value is -1.03. The quantitative estimate of drug-likeness (QED) is 0.760. The monoisotopic (exact) mass is 195 g/mol. The Morgan fingerprint density at radius 1 is 1.50 bits per heavy atom. The molecule has 1 fully saturated rings. The zero-order chi connectivity index (χ0) is 9.97. The number of piperidine rings is 1. The second kappa shape index (κ2) is 4.00. The fourth-order valence-electron chi connectivity index (χ4n) is 1.78. The van der Waals surface area contributed by atoms with Gasteiger partial charge in [0.15, 0.2) is 0 Å². The van der Waals surface area contributed by atoms with Gasteiger partial charge in [0.2, 0.25) is 5.88 Å². The molecule has 1 aromatic rings. The van der Waals surface area contributed by atoms with E-state index in [-0.39, 0.29) is 0 Å². The summed E-state index contributed by atoms with van der Waals surface area (Å²) in [6, 6.07) is 0. The fraction of sp³-hybridized carbons (Fsp3) is 0.700. The molecule has 1 N–H and O–H groups in total. The Labute approximate surface area is 84.3 Å². The molecule has 14 heavy (non-hydrogen) atoms. The number of nitrogens with zero attached hydrogens (tertiary/aromatic N) is 2. The molecule has 4 heteroatoms. The van der Waals surface area contributed by atoms with Crippen LogP contribution in [-0.4, -0.2) is 29.0 Å². The molecule has 0 aliphatic carbocycles. The predicted molar refractivity (Wildman–Crippen MR) is 54.5 cm³/mol. The smallest absolute Gasteiger partial charge is 0.214 e. The van der Waals surface area contributed by atoms with E-state index in [1.165, 1.54) is 0 Å². The first-order valence-corrected chi connectivity index (χ1v) is 5.13. The van der Waals surface area contributed by atoms with Crippen molar-refractivity contribution >= 4 is 0 Å². The molecule has 0 unspecified atom stereocenters. The zero-order valence-electron chi connectivity index (χ0n) is 8.79. The standard InChI is InChI=1S/C10H17N3O/c1-8-7-12-13(2)10(8)14-9-3-5-11-6-4-9/h7,9,11H,3-6H2,1-2H3. The molecule has 1 aromatic heterocycles. The maximum Gasteiger partial charge on any atom is 0.214 e. The van der Waals surface area contributed by atoms with E-state index in [1.807, 2.05) is 20.2 Å². The number of nitrogens with one attached hydrogen (secondary N) is 1. The van der Waals surface area contributed by atoms with E-state index in [2.05, 4.69) is 10.4 Å². The van der Waals surface area contributed by atoms with E-state index in [9.17, 15) is 0 Å². The highest BCUT2D eigenvalue weighted by Crippen LogP contribution is 2.19.